The van der Waals surface area contributed by atoms with Crippen molar-refractivity contribution in [1.29, 1.82) is 0 Å². The van der Waals surface area contributed by atoms with Crippen LogP contribution in [0.3, 0.4) is 0 Å². The predicted molar refractivity (Wildman–Crippen MR) is 87.6 cm³/mol. The van der Waals surface area contributed by atoms with Crippen LogP contribution in [0.1, 0.15) is 31.1 Å². The van der Waals surface area contributed by atoms with Crippen LogP contribution in [0.25, 0.3) is 11.0 Å². The lowest BCUT2D eigenvalue weighted by molar-refractivity contribution is -0.0586. The fraction of sp³-hybridized carbons (Fsp3) is 0.471. The maximum atomic E-state index is 12.9. The number of pyridine rings is 2. The van der Waals surface area contributed by atoms with Gasteiger partial charge in [0.15, 0.2) is 0 Å². The van der Waals surface area contributed by atoms with Gasteiger partial charge in [-0.15, -0.1) is 0 Å². The monoisotopic (exact) mass is 315 g/mol. The molecule has 23 heavy (non-hydrogen) atoms. The maximum Gasteiger partial charge on any atom is 0.265 e. The van der Waals surface area contributed by atoms with E-state index in [-0.39, 0.29) is 29.2 Å². The van der Waals surface area contributed by atoms with E-state index in [1.807, 2.05) is 26.8 Å². The standard InChI is InChI=1S/C17H21N3O3/c1-4-20-15-13(6-5-7-18-15)8-14(17(20)22)16(21)19-9-11(2)23-12(3)10-19/h5-8,11-12H,4,9-10H2,1-3H3/t11-,12-/m1/s1. The first-order valence-corrected chi connectivity index (χ1v) is 7.94. The van der Waals surface area contributed by atoms with Crippen LogP contribution in [-0.2, 0) is 11.3 Å². The summed E-state index contributed by atoms with van der Waals surface area (Å²) >= 11 is 0. The molecule has 0 unspecified atom stereocenters. The second kappa shape index (κ2) is 6.12. The van der Waals surface area contributed by atoms with Gasteiger partial charge in [-0.05, 0) is 39.0 Å². The highest BCUT2D eigenvalue weighted by molar-refractivity contribution is 5.97. The number of hydrogen-bond acceptors (Lipinski definition) is 4. The van der Waals surface area contributed by atoms with Crippen molar-refractivity contribution < 1.29 is 9.53 Å². The fourth-order valence-electron chi connectivity index (χ4n) is 3.17. The van der Waals surface area contributed by atoms with E-state index < -0.39 is 0 Å². The van der Waals surface area contributed by atoms with Gasteiger partial charge in [0.1, 0.15) is 11.2 Å². The van der Waals surface area contributed by atoms with Gasteiger partial charge in [0.25, 0.3) is 11.5 Å². The van der Waals surface area contributed by atoms with E-state index in [0.717, 1.165) is 5.39 Å². The summed E-state index contributed by atoms with van der Waals surface area (Å²) in [4.78, 5) is 31.5. The first-order valence-electron chi connectivity index (χ1n) is 7.94. The Kier molecular flexibility index (Phi) is 4.17. The van der Waals surface area contributed by atoms with Gasteiger partial charge in [-0.3, -0.25) is 14.2 Å². The molecule has 3 rings (SSSR count). The minimum atomic E-state index is -0.282. The third kappa shape index (κ3) is 2.86. The second-order valence-corrected chi connectivity index (χ2v) is 5.99. The zero-order chi connectivity index (χ0) is 16.6. The molecule has 0 N–H and O–H groups in total. The first kappa shape index (κ1) is 15.7. The molecule has 6 nitrogen and oxygen atoms in total. The van der Waals surface area contributed by atoms with Gasteiger partial charge < -0.3 is 9.64 Å². The van der Waals surface area contributed by atoms with E-state index in [0.29, 0.717) is 25.3 Å². The molecule has 2 aromatic rings. The summed E-state index contributed by atoms with van der Waals surface area (Å²) in [7, 11) is 0. The normalized spacial score (nSPS) is 21.6. The van der Waals surface area contributed by atoms with Crippen molar-refractivity contribution in [2.24, 2.45) is 0 Å². The SMILES string of the molecule is CCn1c(=O)c(C(=O)N2C[C@@H](C)O[C@H](C)C2)cc2cccnc21. The van der Waals surface area contributed by atoms with Crippen LogP contribution in [0.4, 0.5) is 0 Å². The molecule has 0 aromatic carbocycles. The number of aromatic nitrogens is 2. The molecule has 0 saturated carbocycles. The molecule has 0 bridgehead atoms. The summed E-state index contributed by atoms with van der Waals surface area (Å²) in [5.74, 6) is -0.232. The lowest BCUT2D eigenvalue weighted by atomic mass is 10.1. The smallest absolute Gasteiger partial charge is 0.265 e. The number of carbonyl (C=O) groups excluding carboxylic acids is 1. The van der Waals surface area contributed by atoms with Crippen molar-refractivity contribution in [3.8, 4) is 0 Å². The number of aryl methyl sites for hydroxylation is 1. The number of carbonyl (C=O) groups is 1. The van der Waals surface area contributed by atoms with Crippen molar-refractivity contribution in [3.05, 3.63) is 40.3 Å². The van der Waals surface area contributed by atoms with Crippen LogP contribution in [0, 0.1) is 0 Å². The van der Waals surface area contributed by atoms with Gasteiger partial charge in [0.05, 0.1) is 12.2 Å². The summed E-state index contributed by atoms with van der Waals surface area (Å²) in [5.41, 5.74) is 0.532. The van der Waals surface area contributed by atoms with E-state index in [1.54, 1.807) is 27.8 Å². The molecule has 2 atom stereocenters. The number of fused-ring (bicyclic) bond motifs is 1. The molecule has 1 saturated heterocycles. The van der Waals surface area contributed by atoms with Crippen LogP contribution in [-0.4, -0.2) is 45.7 Å². The Morgan fingerprint density at radius 1 is 1.35 bits per heavy atom. The molecular formula is C17H21N3O3. The predicted octanol–water partition coefficient (Wildman–Crippen LogP) is 1.67. The largest absolute Gasteiger partial charge is 0.372 e. The topological polar surface area (TPSA) is 64.4 Å². The van der Waals surface area contributed by atoms with Gasteiger partial charge in [-0.2, -0.15) is 0 Å². The Hall–Kier alpha value is -2.21. The summed E-state index contributed by atoms with van der Waals surface area (Å²) in [5, 5.41) is 0.798. The Morgan fingerprint density at radius 3 is 2.70 bits per heavy atom. The molecule has 1 fully saturated rings. The van der Waals surface area contributed by atoms with E-state index in [9.17, 15) is 9.59 Å². The third-order valence-corrected chi connectivity index (χ3v) is 4.10. The Labute approximate surface area is 134 Å². The van der Waals surface area contributed by atoms with Crippen LogP contribution < -0.4 is 5.56 Å². The van der Waals surface area contributed by atoms with Crippen LogP contribution in [0.15, 0.2) is 29.2 Å². The van der Waals surface area contributed by atoms with Crippen LogP contribution >= 0.6 is 0 Å². The van der Waals surface area contributed by atoms with E-state index in [2.05, 4.69) is 4.98 Å². The minimum absolute atomic E-state index is 0.0294. The fourth-order valence-corrected chi connectivity index (χ4v) is 3.17. The lowest BCUT2D eigenvalue weighted by Gasteiger charge is -2.35. The van der Waals surface area contributed by atoms with Crippen molar-refractivity contribution in [1.82, 2.24) is 14.5 Å². The average Bonchev–Trinajstić information content (AvgIpc) is 2.53. The zero-order valence-corrected chi connectivity index (χ0v) is 13.7. The Morgan fingerprint density at radius 2 is 2.04 bits per heavy atom. The summed E-state index contributed by atoms with van der Waals surface area (Å²) < 4.78 is 7.21. The minimum Gasteiger partial charge on any atom is -0.372 e. The molecule has 1 aliphatic rings. The van der Waals surface area contributed by atoms with Crippen LogP contribution in [0.5, 0.6) is 0 Å². The highest BCUT2D eigenvalue weighted by Gasteiger charge is 2.28. The Bertz CT molecular complexity index is 789. The Balaban J connectivity index is 2.07. The molecule has 6 heteroatoms. The van der Waals surface area contributed by atoms with Gasteiger partial charge in [0, 0.05) is 31.2 Å². The molecule has 2 aromatic heterocycles. The van der Waals surface area contributed by atoms with E-state index >= 15 is 0 Å². The summed E-state index contributed by atoms with van der Waals surface area (Å²) in [6, 6.07) is 5.33. The number of hydrogen-bond donors (Lipinski definition) is 0. The summed E-state index contributed by atoms with van der Waals surface area (Å²) in [6.07, 6.45) is 1.59. The van der Waals surface area contributed by atoms with E-state index in [4.69, 9.17) is 4.74 Å². The number of nitrogens with zero attached hydrogens (tertiary/aromatic N) is 3. The van der Waals surface area contributed by atoms with Crippen molar-refractivity contribution in [2.45, 2.75) is 39.5 Å². The molecule has 0 spiro atoms. The zero-order valence-electron chi connectivity index (χ0n) is 13.7. The molecule has 1 amide bonds. The maximum absolute atomic E-state index is 12.9. The molecule has 122 valence electrons. The highest BCUT2D eigenvalue weighted by atomic mass is 16.5. The first-order chi connectivity index (χ1) is 11.0. The molecule has 0 radical (unpaired) electrons. The number of amides is 1. The second-order valence-electron chi connectivity index (χ2n) is 5.99. The van der Waals surface area contributed by atoms with E-state index in [1.165, 1.54) is 0 Å². The molecule has 3 heterocycles. The molecular weight excluding hydrogens is 294 g/mol. The quantitative estimate of drug-likeness (QED) is 0.845. The van der Waals surface area contributed by atoms with Gasteiger partial charge in [-0.25, -0.2) is 4.98 Å². The van der Waals surface area contributed by atoms with Gasteiger partial charge in [-0.1, -0.05) is 0 Å². The molecule has 1 aliphatic heterocycles. The summed E-state index contributed by atoms with van der Waals surface area (Å²) in [6.45, 7) is 7.22. The van der Waals surface area contributed by atoms with Crippen molar-refractivity contribution in [2.75, 3.05) is 13.1 Å². The number of morpholine rings is 1. The van der Waals surface area contributed by atoms with Crippen molar-refractivity contribution >= 4 is 16.9 Å². The highest BCUT2D eigenvalue weighted by Crippen LogP contribution is 2.16. The van der Waals surface area contributed by atoms with Crippen molar-refractivity contribution in [3.63, 3.8) is 0 Å². The van der Waals surface area contributed by atoms with Gasteiger partial charge >= 0.3 is 0 Å². The number of rotatable bonds is 2. The average molecular weight is 315 g/mol. The third-order valence-electron chi connectivity index (χ3n) is 4.10. The number of ether oxygens (including phenoxy) is 1. The lowest BCUT2D eigenvalue weighted by Crippen LogP contribution is -2.49. The van der Waals surface area contributed by atoms with Crippen LogP contribution in [0.2, 0.25) is 0 Å². The van der Waals surface area contributed by atoms with Gasteiger partial charge in [0.2, 0.25) is 0 Å². The molecule has 0 aliphatic carbocycles.